The molecule has 110 valence electrons. The first-order valence-electron chi connectivity index (χ1n) is 6.65. The highest BCUT2D eigenvalue weighted by Gasteiger charge is 2.10. The number of carbonyl (C=O) groups excluding carboxylic acids is 1. The maximum Gasteiger partial charge on any atom is 0.254 e. The monoisotopic (exact) mass is 301 g/mol. The van der Waals surface area contributed by atoms with Crippen molar-refractivity contribution in [3.8, 4) is 0 Å². The van der Waals surface area contributed by atoms with Crippen LogP contribution in [0.2, 0.25) is 0 Å². The van der Waals surface area contributed by atoms with Gasteiger partial charge in [-0.15, -0.1) is 11.8 Å². The van der Waals surface area contributed by atoms with Crippen LogP contribution in [-0.4, -0.2) is 31.2 Å². The van der Waals surface area contributed by atoms with Gasteiger partial charge in [0.2, 0.25) is 0 Å². The van der Waals surface area contributed by atoms with Crippen molar-refractivity contribution in [1.82, 2.24) is 10.3 Å². The van der Waals surface area contributed by atoms with E-state index in [0.29, 0.717) is 12.1 Å². The minimum atomic E-state index is -0.0934. The Bertz CT molecular complexity index is 611. The average Bonchev–Trinajstić information content (AvgIpc) is 2.52. The van der Waals surface area contributed by atoms with Crippen molar-refractivity contribution in [3.05, 3.63) is 53.7 Å². The minimum Gasteiger partial charge on any atom is -0.378 e. The number of thioether (sulfide) groups is 1. The molecule has 1 aromatic carbocycles. The lowest BCUT2D eigenvalue weighted by Gasteiger charge is -2.13. The number of carbonyl (C=O) groups is 1. The molecule has 0 spiro atoms. The SMILES string of the molecule is CSc1ncccc1C(=O)NCc1ccc(N(C)C)cc1. The van der Waals surface area contributed by atoms with Crippen LogP contribution in [0.4, 0.5) is 5.69 Å². The molecule has 0 saturated heterocycles. The molecule has 0 saturated carbocycles. The zero-order valence-corrected chi connectivity index (χ0v) is 13.3. The minimum absolute atomic E-state index is 0.0934. The lowest BCUT2D eigenvalue weighted by Crippen LogP contribution is -2.23. The van der Waals surface area contributed by atoms with E-state index in [0.717, 1.165) is 16.3 Å². The van der Waals surface area contributed by atoms with Crippen LogP contribution in [-0.2, 0) is 6.54 Å². The molecule has 5 heteroatoms. The lowest BCUT2D eigenvalue weighted by atomic mass is 10.2. The van der Waals surface area contributed by atoms with E-state index in [1.807, 2.05) is 49.5 Å². The zero-order valence-electron chi connectivity index (χ0n) is 12.5. The Morgan fingerprint density at radius 2 is 1.95 bits per heavy atom. The highest BCUT2D eigenvalue weighted by molar-refractivity contribution is 7.98. The van der Waals surface area contributed by atoms with Crippen molar-refractivity contribution in [3.63, 3.8) is 0 Å². The fraction of sp³-hybridized carbons (Fsp3) is 0.250. The van der Waals surface area contributed by atoms with E-state index < -0.39 is 0 Å². The van der Waals surface area contributed by atoms with Crippen molar-refractivity contribution < 1.29 is 4.79 Å². The maximum absolute atomic E-state index is 12.2. The number of hydrogen-bond donors (Lipinski definition) is 1. The number of pyridine rings is 1. The van der Waals surface area contributed by atoms with Gasteiger partial charge in [-0.1, -0.05) is 12.1 Å². The Labute approximate surface area is 129 Å². The zero-order chi connectivity index (χ0) is 15.2. The lowest BCUT2D eigenvalue weighted by molar-refractivity contribution is 0.0947. The van der Waals surface area contributed by atoms with Gasteiger partial charge in [-0.2, -0.15) is 0 Å². The number of nitrogens with one attached hydrogen (secondary N) is 1. The van der Waals surface area contributed by atoms with E-state index in [1.54, 1.807) is 18.3 Å². The van der Waals surface area contributed by atoms with Gasteiger partial charge in [0.05, 0.1) is 5.56 Å². The summed E-state index contributed by atoms with van der Waals surface area (Å²) in [5, 5.41) is 3.68. The quantitative estimate of drug-likeness (QED) is 0.863. The van der Waals surface area contributed by atoms with Crippen molar-refractivity contribution in [1.29, 1.82) is 0 Å². The number of benzene rings is 1. The fourth-order valence-corrected chi connectivity index (χ4v) is 2.46. The van der Waals surface area contributed by atoms with E-state index in [9.17, 15) is 4.79 Å². The third-order valence-electron chi connectivity index (χ3n) is 3.11. The van der Waals surface area contributed by atoms with Crippen LogP contribution in [0.1, 0.15) is 15.9 Å². The van der Waals surface area contributed by atoms with Gasteiger partial charge in [0.1, 0.15) is 5.03 Å². The second kappa shape index (κ2) is 7.13. The Morgan fingerprint density at radius 1 is 1.24 bits per heavy atom. The van der Waals surface area contributed by atoms with E-state index in [2.05, 4.69) is 10.3 Å². The molecule has 4 nitrogen and oxygen atoms in total. The van der Waals surface area contributed by atoms with Gasteiger partial charge < -0.3 is 10.2 Å². The largest absolute Gasteiger partial charge is 0.378 e. The number of amides is 1. The maximum atomic E-state index is 12.2. The van der Waals surface area contributed by atoms with E-state index in [4.69, 9.17) is 0 Å². The van der Waals surface area contributed by atoms with E-state index >= 15 is 0 Å². The molecule has 0 aliphatic carbocycles. The highest BCUT2D eigenvalue weighted by Crippen LogP contribution is 2.17. The molecule has 0 unspecified atom stereocenters. The van der Waals surface area contributed by atoms with Gasteiger partial charge in [-0.3, -0.25) is 4.79 Å². The summed E-state index contributed by atoms with van der Waals surface area (Å²) in [6, 6.07) is 11.7. The molecule has 0 atom stereocenters. The smallest absolute Gasteiger partial charge is 0.254 e. The molecule has 1 N–H and O–H groups in total. The summed E-state index contributed by atoms with van der Waals surface area (Å²) in [6.45, 7) is 0.509. The average molecular weight is 301 g/mol. The number of anilines is 1. The van der Waals surface area contributed by atoms with Gasteiger partial charge in [0.15, 0.2) is 0 Å². The van der Waals surface area contributed by atoms with E-state index in [-0.39, 0.29) is 5.91 Å². The molecule has 0 aliphatic heterocycles. The van der Waals surface area contributed by atoms with Crippen LogP contribution < -0.4 is 10.2 Å². The summed E-state index contributed by atoms with van der Waals surface area (Å²) in [5.74, 6) is -0.0934. The Morgan fingerprint density at radius 3 is 2.57 bits per heavy atom. The first kappa shape index (κ1) is 15.4. The van der Waals surface area contributed by atoms with Crippen LogP contribution in [0.3, 0.4) is 0 Å². The predicted octanol–water partition coefficient (Wildman–Crippen LogP) is 2.80. The van der Waals surface area contributed by atoms with Crippen LogP contribution in [0.25, 0.3) is 0 Å². The van der Waals surface area contributed by atoms with Crippen LogP contribution in [0.5, 0.6) is 0 Å². The number of aromatic nitrogens is 1. The first-order valence-corrected chi connectivity index (χ1v) is 7.87. The van der Waals surface area contributed by atoms with E-state index in [1.165, 1.54) is 11.8 Å². The molecule has 1 amide bonds. The van der Waals surface area contributed by atoms with Gasteiger partial charge in [-0.25, -0.2) is 4.98 Å². The fourth-order valence-electron chi connectivity index (χ4n) is 1.92. The van der Waals surface area contributed by atoms with Gasteiger partial charge in [0, 0.05) is 32.5 Å². The molecule has 1 aromatic heterocycles. The van der Waals surface area contributed by atoms with Crippen LogP contribution in [0.15, 0.2) is 47.6 Å². The second-order valence-corrected chi connectivity index (χ2v) is 5.60. The van der Waals surface area contributed by atoms with Crippen LogP contribution >= 0.6 is 11.8 Å². The molecule has 1 heterocycles. The summed E-state index contributed by atoms with van der Waals surface area (Å²) in [6.07, 6.45) is 3.61. The molecule has 21 heavy (non-hydrogen) atoms. The summed E-state index contributed by atoms with van der Waals surface area (Å²) < 4.78 is 0. The first-order chi connectivity index (χ1) is 10.1. The topological polar surface area (TPSA) is 45.2 Å². The van der Waals surface area contributed by atoms with Crippen LogP contribution in [0, 0.1) is 0 Å². The normalized spacial score (nSPS) is 10.2. The standard InChI is InChI=1S/C16H19N3OS/c1-19(2)13-8-6-12(7-9-13)11-18-15(20)14-5-4-10-17-16(14)21-3/h4-10H,11H2,1-3H3,(H,18,20). The summed E-state index contributed by atoms with van der Waals surface area (Å²) in [4.78, 5) is 18.4. The summed E-state index contributed by atoms with van der Waals surface area (Å²) in [5.41, 5.74) is 2.83. The Balaban J connectivity index is 2.00. The molecule has 0 fully saturated rings. The van der Waals surface area contributed by atoms with Gasteiger partial charge in [0.25, 0.3) is 5.91 Å². The molecule has 0 radical (unpaired) electrons. The van der Waals surface area contributed by atoms with Crippen molar-refractivity contribution in [2.45, 2.75) is 11.6 Å². The van der Waals surface area contributed by atoms with Crippen molar-refractivity contribution in [2.75, 3.05) is 25.3 Å². The number of nitrogens with zero attached hydrogens (tertiary/aromatic N) is 2. The number of hydrogen-bond acceptors (Lipinski definition) is 4. The molecular formula is C16H19N3OS. The molecule has 2 aromatic rings. The predicted molar refractivity (Wildman–Crippen MR) is 88.0 cm³/mol. The molecule has 2 rings (SSSR count). The van der Waals surface area contributed by atoms with Crippen molar-refractivity contribution >= 4 is 23.4 Å². The Kier molecular flexibility index (Phi) is 5.22. The summed E-state index contributed by atoms with van der Waals surface area (Å²) in [7, 11) is 4.01. The van der Waals surface area contributed by atoms with Gasteiger partial charge >= 0.3 is 0 Å². The third-order valence-corrected chi connectivity index (χ3v) is 3.83. The molecule has 0 bridgehead atoms. The molecular weight excluding hydrogens is 282 g/mol. The van der Waals surface area contributed by atoms with Crippen molar-refractivity contribution in [2.24, 2.45) is 0 Å². The van der Waals surface area contributed by atoms with Gasteiger partial charge in [-0.05, 0) is 36.1 Å². The highest BCUT2D eigenvalue weighted by atomic mass is 32.2. The summed E-state index contributed by atoms with van der Waals surface area (Å²) >= 11 is 1.47. The third kappa shape index (κ3) is 3.98. The molecule has 0 aliphatic rings. The number of rotatable bonds is 5. The Hall–Kier alpha value is -2.01. The second-order valence-electron chi connectivity index (χ2n) is 4.80.